The number of methoxy groups -OCH3 is 1. The second-order valence-electron chi connectivity index (χ2n) is 5.30. The highest BCUT2D eigenvalue weighted by Crippen LogP contribution is 2.39. The van der Waals surface area contributed by atoms with Crippen molar-refractivity contribution < 1.29 is 14.3 Å². The summed E-state index contributed by atoms with van der Waals surface area (Å²) >= 11 is 10.1. The molecule has 7 heteroatoms. The van der Waals surface area contributed by atoms with Crippen LogP contribution in [-0.2, 0) is 4.79 Å². The molecule has 0 aromatic heterocycles. The maximum Gasteiger partial charge on any atom is 0.266 e. The summed E-state index contributed by atoms with van der Waals surface area (Å²) in [7, 11) is 1.60. The van der Waals surface area contributed by atoms with Gasteiger partial charge in [0.25, 0.3) is 5.91 Å². The van der Waals surface area contributed by atoms with Crippen molar-refractivity contribution in [3.8, 4) is 11.5 Å². The number of amides is 1. The highest BCUT2D eigenvalue weighted by Gasteiger charge is 2.30. The van der Waals surface area contributed by atoms with Crippen LogP contribution in [-0.4, -0.2) is 34.9 Å². The molecule has 1 atom stereocenters. The molecule has 4 nitrogen and oxygen atoms in total. The molecule has 2 rings (SSSR count). The number of thioether (sulfide) groups is 1. The van der Waals surface area contributed by atoms with Gasteiger partial charge in [0.15, 0.2) is 11.5 Å². The van der Waals surface area contributed by atoms with E-state index in [9.17, 15) is 4.79 Å². The number of benzene rings is 1. The predicted octanol–water partition coefficient (Wildman–Crippen LogP) is 4.86. The van der Waals surface area contributed by atoms with Gasteiger partial charge < -0.3 is 9.47 Å². The van der Waals surface area contributed by atoms with Gasteiger partial charge >= 0.3 is 0 Å². The van der Waals surface area contributed by atoms with E-state index in [-0.39, 0.29) is 12.0 Å². The van der Waals surface area contributed by atoms with Gasteiger partial charge in [0, 0.05) is 6.54 Å². The van der Waals surface area contributed by atoms with E-state index in [2.05, 4.69) is 22.9 Å². The van der Waals surface area contributed by atoms with Crippen molar-refractivity contribution in [3.05, 3.63) is 27.1 Å². The van der Waals surface area contributed by atoms with Gasteiger partial charge in [-0.15, -0.1) is 0 Å². The fourth-order valence-corrected chi connectivity index (χ4v) is 4.08. The number of likely N-dealkylation sites (N-methyl/N-ethyl adjacent to an activating group) is 1. The lowest BCUT2D eigenvalue weighted by Gasteiger charge is -2.17. The van der Waals surface area contributed by atoms with Crippen molar-refractivity contribution in [3.63, 3.8) is 0 Å². The van der Waals surface area contributed by atoms with E-state index in [4.69, 9.17) is 21.7 Å². The number of thiocarbonyl (C=S) groups is 1. The van der Waals surface area contributed by atoms with E-state index < -0.39 is 0 Å². The van der Waals surface area contributed by atoms with Crippen molar-refractivity contribution in [2.24, 2.45) is 0 Å². The van der Waals surface area contributed by atoms with Crippen LogP contribution in [0, 0.1) is 0 Å². The summed E-state index contributed by atoms with van der Waals surface area (Å²) < 4.78 is 12.8. The molecule has 1 saturated heterocycles. The van der Waals surface area contributed by atoms with E-state index >= 15 is 0 Å². The molecule has 1 amide bonds. The van der Waals surface area contributed by atoms with Gasteiger partial charge in [-0.05, 0) is 60.0 Å². The van der Waals surface area contributed by atoms with Crippen LogP contribution < -0.4 is 9.47 Å². The van der Waals surface area contributed by atoms with E-state index in [0.29, 0.717) is 27.3 Å². The molecule has 0 radical (unpaired) electrons. The van der Waals surface area contributed by atoms with Gasteiger partial charge in [0.1, 0.15) is 4.32 Å². The average molecular weight is 430 g/mol. The van der Waals surface area contributed by atoms with Gasteiger partial charge in [0.2, 0.25) is 0 Å². The molecule has 24 heavy (non-hydrogen) atoms. The quantitative estimate of drug-likeness (QED) is 0.476. The van der Waals surface area contributed by atoms with Crippen LogP contribution in [0.3, 0.4) is 0 Å². The maximum absolute atomic E-state index is 12.3. The summed E-state index contributed by atoms with van der Waals surface area (Å²) in [5, 5.41) is 0. The number of hydrogen-bond donors (Lipinski definition) is 0. The van der Waals surface area contributed by atoms with E-state index in [1.165, 1.54) is 11.8 Å². The molecule has 1 fully saturated rings. The Morgan fingerprint density at radius 1 is 1.42 bits per heavy atom. The van der Waals surface area contributed by atoms with E-state index in [0.717, 1.165) is 16.5 Å². The first-order valence-electron chi connectivity index (χ1n) is 7.70. The molecule has 0 N–H and O–H groups in total. The Morgan fingerprint density at radius 3 is 2.67 bits per heavy atom. The van der Waals surface area contributed by atoms with Gasteiger partial charge in [-0.25, -0.2) is 0 Å². The highest BCUT2D eigenvalue weighted by atomic mass is 79.9. The fraction of sp³-hybridized carbons (Fsp3) is 0.412. The smallest absolute Gasteiger partial charge is 0.266 e. The number of hydrogen-bond acceptors (Lipinski definition) is 5. The van der Waals surface area contributed by atoms with Crippen molar-refractivity contribution in [2.45, 2.75) is 33.3 Å². The third-order valence-corrected chi connectivity index (χ3v) is 5.60. The van der Waals surface area contributed by atoms with Crippen LogP contribution in [0.4, 0.5) is 0 Å². The molecule has 0 aliphatic carbocycles. The molecule has 1 unspecified atom stereocenters. The fourth-order valence-electron chi connectivity index (χ4n) is 2.15. The number of carbonyl (C=O) groups is 1. The topological polar surface area (TPSA) is 38.8 Å². The van der Waals surface area contributed by atoms with Crippen LogP contribution in [0.5, 0.6) is 11.5 Å². The second-order valence-corrected chi connectivity index (χ2v) is 7.83. The van der Waals surface area contributed by atoms with Crippen LogP contribution in [0.15, 0.2) is 21.5 Å². The number of carbonyl (C=O) groups excluding carboxylic acids is 1. The zero-order chi connectivity index (χ0) is 17.9. The zero-order valence-corrected chi connectivity index (χ0v) is 17.3. The minimum Gasteiger partial charge on any atom is -0.493 e. The summed E-state index contributed by atoms with van der Waals surface area (Å²) in [5.41, 5.74) is 0.854. The van der Waals surface area contributed by atoms with Crippen molar-refractivity contribution in [1.29, 1.82) is 0 Å². The first kappa shape index (κ1) is 19.3. The Balaban J connectivity index is 2.36. The Labute approximate surface area is 160 Å². The predicted molar refractivity (Wildman–Crippen MR) is 107 cm³/mol. The molecule has 0 bridgehead atoms. The number of nitrogens with zero attached hydrogens (tertiary/aromatic N) is 1. The summed E-state index contributed by atoms with van der Waals surface area (Å²) in [5.74, 6) is 1.24. The average Bonchev–Trinajstić information content (AvgIpc) is 2.82. The largest absolute Gasteiger partial charge is 0.493 e. The minimum absolute atomic E-state index is 0.0532. The molecule has 1 aromatic rings. The van der Waals surface area contributed by atoms with Crippen LogP contribution in [0.25, 0.3) is 6.08 Å². The molecular formula is C17H20BrNO3S2. The summed E-state index contributed by atoms with van der Waals surface area (Å²) in [6.07, 6.45) is 2.81. The Bertz CT molecular complexity index is 691. The standard InChI is InChI=1S/C17H20BrNO3S2/c1-5-10(3)22-15-12(18)7-11(8-13(15)21-4)9-14-16(20)19(6-2)17(23)24-14/h7-10H,5-6H2,1-4H3. The normalized spacial score (nSPS) is 17.5. The molecule has 1 aliphatic rings. The molecule has 0 spiro atoms. The summed E-state index contributed by atoms with van der Waals surface area (Å²) in [6, 6.07) is 3.78. The van der Waals surface area contributed by atoms with E-state index in [1.54, 1.807) is 12.0 Å². The molecule has 1 heterocycles. The monoisotopic (exact) mass is 429 g/mol. The molecular weight excluding hydrogens is 410 g/mol. The zero-order valence-electron chi connectivity index (χ0n) is 14.1. The first-order valence-corrected chi connectivity index (χ1v) is 9.72. The second kappa shape index (κ2) is 8.36. The lowest BCUT2D eigenvalue weighted by molar-refractivity contribution is -0.121. The number of halogens is 1. The minimum atomic E-state index is -0.0532. The first-order chi connectivity index (χ1) is 11.4. The van der Waals surface area contributed by atoms with Crippen molar-refractivity contribution in [1.82, 2.24) is 4.90 Å². The molecule has 1 aromatic carbocycles. The van der Waals surface area contributed by atoms with Gasteiger partial charge in [-0.1, -0.05) is 30.9 Å². The summed E-state index contributed by atoms with van der Waals surface area (Å²) in [6.45, 7) is 6.57. The van der Waals surface area contributed by atoms with Crippen molar-refractivity contribution >= 4 is 56.2 Å². The lowest BCUT2D eigenvalue weighted by Crippen LogP contribution is -2.27. The van der Waals surface area contributed by atoms with E-state index in [1.807, 2.05) is 32.1 Å². The molecule has 1 aliphatic heterocycles. The Hall–Kier alpha value is -1.05. The van der Waals surface area contributed by atoms with Crippen LogP contribution in [0.2, 0.25) is 0 Å². The number of rotatable bonds is 6. The molecule has 130 valence electrons. The van der Waals surface area contributed by atoms with Gasteiger partial charge in [-0.2, -0.15) is 0 Å². The molecule has 0 saturated carbocycles. The van der Waals surface area contributed by atoms with Gasteiger partial charge in [0.05, 0.1) is 22.6 Å². The SMILES string of the molecule is CCC(C)Oc1c(Br)cc(C=C2SC(=S)N(CC)C2=O)cc1OC. The van der Waals surface area contributed by atoms with Gasteiger partial charge in [-0.3, -0.25) is 9.69 Å². The van der Waals surface area contributed by atoms with Crippen LogP contribution >= 0.6 is 39.9 Å². The Kier molecular flexibility index (Phi) is 6.71. The number of ether oxygens (including phenoxy) is 2. The maximum atomic E-state index is 12.3. The summed E-state index contributed by atoms with van der Waals surface area (Å²) in [4.78, 5) is 14.5. The third kappa shape index (κ3) is 4.13. The van der Waals surface area contributed by atoms with Crippen molar-refractivity contribution in [2.75, 3.05) is 13.7 Å². The Morgan fingerprint density at radius 2 is 2.12 bits per heavy atom. The third-order valence-electron chi connectivity index (χ3n) is 3.63. The highest BCUT2D eigenvalue weighted by molar-refractivity contribution is 9.10. The van der Waals surface area contributed by atoms with Crippen LogP contribution in [0.1, 0.15) is 32.8 Å². The lowest BCUT2D eigenvalue weighted by atomic mass is 10.1.